The summed E-state index contributed by atoms with van der Waals surface area (Å²) in [6.07, 6.45) is -2.04. The highest BCUT2D eigenvalue weighted by atomic mass is 16.6. The molecular weight excluding hydrogens is 472 g/mol. The largest absolute Gasteiger partial charge is 0.441 e. The summed E-state index contributed by atoms with van der Waals surface area (Å²) in [5.74, 6) is 0.608. The van der Waals surface area contributed by atoms with E-state index >= 15 is 0 Å². The van der Waals surface area contributed by atoms with Gasteiger partial charge in [0, 0.05) is 11.3 Å². The van der Waals surface area contributed by atoms with Gasteiger partial charge in [0.1, 0.15) is 18.2 Å². The van der Waals surface area contributed by atoms with Crippen LogP contribution in [-0.2, 0) is 14.2 Å². The van der Waals surface area contributed by atoms with E-state index in [0.717, 1.165) is 16.7 Å². The van der Waals surface area contributed by atoms with Crippen LogP contribution in [0.2, 0.25) is 0 Å². The molecule has 0 unspecified atom stereocenters. The lowest BCUT2D eigenvalue weighted by Gasteiger charge is -2.18. The fourth-order valence-electron chi connectivity index (χ4n) is 4.76. The lowest BCUT2D eigenvalue weighted by atomic mass is 10.0. The molecule has 4 atom stereocenters. The van der Waals surface area contributed by atoms with E-state index in [-0.39, 0.29) is 18.8 Å². The van der Waals surface area contributed by atoms with Crippen LogP contribution in [0.1, 0.15) is 11.6 Å². The smallest absolute Gasteiger partial charge is 0.412 e. The monoisotopic (exact) mass is 494 g/mol. The van der Waals surface area contributed by atoms with Crippen molar-refractivity contribution in [3.05, 3.63) is 84.4 Å². The minimum atomic E-state index is -0.641. The Kier molecular flexibility index (Phi) is 6.06. The molecule has 2 saturated heterocycles. The van der Waals surface area contributed by atoms with Crippen molar-refractivity contribution in [3.63, 3.8) is 0 Å². The van der Waals surface area contributed by atoms with Gasteiger partial charge in [0.25, 0.3) is 0 Å². The Morgan fingerprint density at radius 3 is 2.51 bits per heavy atom. The summed E-state index contributed by atoms with van der Waals surface area (Å²) < 4.78 is 19.3. The number of rotatable bonds is 5. The summed E-state index contributed by atoms with van der Waals surface area (Å²) in [7, 11) is 0. The van der Waals surface area contributed by atoms with Crippen molar-refractivity contribution in [3.8, 4) is 28.6 Å². The molecule has 3 heterocycles. The fourth-order valence-corrected chi connectivity index (χ4v) is 4.76. The highest BCUT2D eigenvalue weighted by Gasteiger charge is 2.51. The Morgan fingerprint density at radius 2 is 1.70 bits per heavy atom. The molecule has 0 aliphatic carbocycles. The second-order valence-electron chi connectivity index (χ2n) is 8.82. The maximum Gasteiger partial charge on any atom is 0.412 e. The molecule has 1 N–H and O–H groups in total. The molecule has 0 radical (unpaired) electrons. The summed E-state index contributed by atoms with van der Waals surface area (Å²) in [6, 6.07) is 26.6. The van der Waals surface area contributed by atoms with Gasteiger partial charge in [-0.3, -0.25) is 5.32 Å². The molecule has 0 spiro atoms. The molecule has 6 rings (SSSR count). The number of hydrogen-bond donors (Lipinski definition) is 1. The molecule has 0 bridgehead atoms. The van der Waals surface area contributed by atoms with E-state index in [9.17, 15) is 4.79 Å². The molecule has 2 aliphatic heterocycles. The Balaban J connectivity index is 1.14. The van der Waals surface area contributed by atoms with E-state index in [0.29, 0.717) is 23.7 Å². The number of carbonyl (C=O) groups excluding carboxylic acids is 1. The maximum atomic E-state index is 12.5. The van der Waals surface area contributed by atoms with E-state index in [2.05, 4.69) is 33.0 Å². The number of benzene rings is 3. The van der Waals surface area contributed by atoms with Gasteiger partial charge in [-0.25, -0.2) is 9.48 Å². The zero-order chi connectivity index (χ0) is 25.2. The van der Waals surface area contributed by atoms with Crippen molar-refractivity contribution in [2.75, 3.05) is 18.5 Å². The molecule has 0 saturated carbocycles. The van der Waals surface area contributed by atoms with Crippen molar-refractivity contribution in [1.29, 1.82) is 5.26 Å². The molecule has 2 fully saturated rings. The number of nitriles is 1. The van der Waals surface area contributed by atoms with Gasteiger partial charge < -0.3 is 14.2 Å². The van der Waals surface area contributed by atoms with Crippen LogP contribution < -0.4 is 5.32 Å². The molecule has 3 aromatic carbocycles. The number of fused-ring (bicyclic) bond motifs is 1. The highest BCUT2D eigenvalue weighted by Crippen LogP contribution is 2.37. The van der Waals surface area contributed by atoms with Crippen molar-refractivity contribution >= 4 is 11.8 Å². The molecule has 10 heteroatoms. The quantitative estimate of drug-likeness (QED) is 0.444. The number of aromatic nitrogens is 4. The van der Waals surface area contributed by atoms with Crippen LogP contribution in [-0.4, -0.2) is 57.8 Å². The molecule has 10 nitrogen and oxygen atoms in total. The lowest BCUT2D eigenvalue weighted by Crippen LogP contribution is -2.35. The number of tetrazole rings is 1. The van der Waals surface area contributed by atoms with Gasteiger partial charge in [-0.05, 0) is 39.8 Å². The van der Waals surface area contributed by atoms with Crippen LogP contribution in [0.4, 0.5) is 10.5 Å². The van der Waals surface area contributed by atoms with Crippen molar-refractivity contribution in [1.82, 2.24) is 20.2 Å². The SMILES string of the molecule is N#Cc1cccc(NC(=O)O[C@@H]2CO[C@H]3[C@@H]2OC[C@@H]3n2nnnc2-c2ccc(-c3ccccc3)cc2)c1. The summed E-state index contributed by atoms with van der Waals surface area (Å²) in [6.45, 7) is 0.516. The van der Waals surface area contributed by atoms with Crippen molar-refractivity contribution < 1.29 is 19.0 Å². The number of ether oxygens (including phenoxy) is 3. The predicted octanol–water partition coefficient (Wildman–Crippen LogP) is 3.83. The molecule has 1 amide bonds. The van der Waals surface area contributed by atoms with E-state index in [4.69, 9.17) is 19.5 Å². The molecule has 1 aromatic heterocycles. The second kappa shape index (κ2) is 9.81. The molecular formula is C27H22N6O4. The number of nitrogens with zero attached hydrogens (tertiary/aromatic N) is 5. The Hall–Kier alpha value is -4.59. The number of hydrogen-bond acceptors (Lipinski definition) is 8. The number of anilines is 1. The van der Waals surface area contributed by atoms with Gasteiger partial charge in [-0.15, -0.1) is 5.10 Å². The van der Waals surface area contributed by atoms with Crippen LogP contribution in [0.3, 0.4) is 0 Å². The standard InChI is InChI=1S/C27H22N6O4/c28-14-17-5-4-8-21(13-17)29-27(34)37-23-16-36-24-22(15-35-25(23)24)33-26(30-31-32-33)20-11-9-19(10-12-20)18-6-2-1-3-7-18/h1-13,22-25H,15-16H2,(H,29,34)/t22-,23+,24+,25+/m0/s1. The van der Waals surface area contributed by atoms with Gasteiger partial charge in [0.15, 0.2) is 11.9 Å². The number of carbonyl (C=O) groups is 1. The van der Waals surface area contributed by atoms with Crippen LogP contribution in [0, 0.1) is 11.3 Å². The van der Waals surface area contributed by atoms with Crippen LogP contribution >= 0.6 is 0 Å². The highest BCUT2D eigenvalue weighted by molar-refractivity contribution is 5.85. The molecule has 2 aliphatic rings. The molecule has 37 heavy (non-hydrogen) atoms. The fraction of sp³-hybridized carbons (Fsp3) is 0.222. The third kappa shape index (κ3) is 4.53. The van der Waals surface area contributed by atoms with Crippen molar-refractivity contribution in [2.45, 2.75) is 24.4 Å². The average Bonchev–Trinajstić information content (AvgIpc) is 3.67. The van der Waals surface area contributed by atoms with Gasteiger partial charge in [0.2, 0.25) is 0 Å². The Morgan fingerprint density at radius 1 is 0.946 bits per heavy atom. The van der Waals surface area contributed by atoms with E-state index in [1.807, 2.05) is 48.5 Å². The first-order chi connectivity index (χ1) is 18.2. The summed E-state index contributed by atoms with van der Waals surface area (Å²) >= 11 is 0. The average molecular weight is 495 g/mol. The third-order valence-corrected chi connectivity index (χ3v) is 6.54. The summed E-state index contributed by atoms with van der Waals surface area (Å²) in [5, 5.41) is 24.1. The van der Waals surface area contributed by atoms with Crippen molar-refractivity contribution in [2.24, 2.45) is 0 Å². The van der Waals surface area contributed by atoms with Gasteiger partial charge in [-0.2, -0.15) is 5.26 Å². The summed E-state index contributed by atoms with van der Waals surface area (Å²) in [5.41, 5.74) is 4.02. The first kappa shape index (κ1) is 22.8. The van der Waals surface area contributed by atoms with Gasteiger partial charge >= 0.3 is 6.09 Å². The lowest BCUT2D eigenvalue weighted by molar-refractivity contribution is 0.00774. The normalized spacial score (nSPS) is 22.2. The first-order valence-electron chi connectivity index (χ1n) is 11.8. The molecule has 4 aromatic rings. The minimum absolute atomic E-state index is 0.195. The van der Waals surface area contributed by atoms with Crippen LogP contribution in [0.15, 0.2) is 78.9 Å². The third-order valence-electron chi connectivity index (χ3n) is 6.54. The topological polar surface area (TPSA) is 124 Å². The zero-order valence-corrected chi connectivity index (χ0v) is 19.6. The minimum Gasteiger partial charge on any atom is -0.441 e. The van der Waals surface area contributed by atoms with E-state index in [1.165, 1.54) is 0 Å². The van der Waals surface area contributed by atoms with Crippen LogP contribution in [0.25, 0.3) is 22.5 Å². The Labute approximate surface area is 212 Å². The Bertz CT molecular complexity index is 1450. The number of amides is 1. The zero-order valence-electron chi connectivity index (χ0n) is 19.6. The second-order valence-corrected chi connectivity index (χ2v) is 8.82. The van der Waals surface area contributed by atoms with Gasteiger partial charge in [-0.1, -0.05) is 60.7 Å². The summed E-state index contributed by atoms with van der Waals surface area (Å²) in [4.78, 5) is 12.5. The predicted molar refractivity (Wildman–Crippen MR) is 132 cm³/mol. The molecule has 184 valence electrons. The van der Waals surface area contributed by atoms with Gasteiger partial charge in [0.05, 0.1) is 24.8 Å². The number of nitrogens with one attached hydrogen (secondary N) is 1. The van der Waals surface area contributed by atoms with E-state index in [1.54, 1.807) is 28.9 Å². The van der Waals surface area contributed by atoms with Crippen LogP contribution in [0.5, 0.6) is 0 Å². The first-order valence-corrected chi connectivity index (χ1v) is 11.8. The van der Waals surface area contributed by atoms with E-state index < -0.39 is 18.3 Å². The maximum absolute atomic E-state index is 12.5.